The lowest BCUT2D eigenvalue weighted by atomic mass is 10.00. The van der Waals surface area contributed by atoms with E-state index in [0.29, 0.717) is 0 Å². The van der Waals surface area contributed by atoms with Crippen molar-refractivity contribution >= 4 is 21.8 Å². The van der Waals surface area contributed by atoms with Crippen LogP contribution in [0.4, 0.5) is 0 Å². The molecule has 0 atom stereocenters. The maximum Gasteiger partial charge on any atom is 0.144 e. The molecule has 3 heterocycles. The van der Waals surface area contributed by atoms with Gasteiger partial charge in [-0.1, -0.05) is 17.3 Å². The van der Waals surface area contributed by atoms with Crippen LogP contribution in [0.25, 0.3) is 38.6 Å². The molecule has 0 N–H and O–H groups in total. The minimum absolute atomic E-state index is 0.721. The number of rotatable bonds is 4. The van der Waals surface area contributed by atoms with Gasteiger partial charge in [0.25, 0.3) is 0 Å². The number of pyridine rings is 1. The first kappa shape index (κ1) is 18.2. The van der Waals surface area contributed by atoms with Gasteiger partial charge < -0.3 is 14.0 Å². The van der Waals surface area contributed by atoms with Gasteiger partial charge in [-0.2, -0.15) is 5.10 Å². The third-order valence-electron chi connectivity index (χ3n) is 5.33. The summed E-state index contributed by atoms with van der Waals surface area (Å²) in [6.07, 6.45) is 3.64. The van der Waals surface area contributed by atoms with Gasteiger partial charge in [0.15, 0.2) is 0 Å². The van der Waals surface area contributed by atoms with Gasteiger partial charge in [0.1, 0.15) is 22.9 Å². The molecule has 2 aromatic carbocycles. The van der Waals surface area contributed by atoms with Crippen LogP contribution in [0.5, 0.6) is 11.5 Å². The van der Waals surface area contributed by atoms with Gasteiger partial charge in [0.2, 0.25) is 0 Å². The van der Waals surface area contributed by atoms with Crippen LogP contribution in [0.1, 0.15) is 11.5 Å². The van der Waals surface area contributed by atoms with Crippen molar-refractivity contribution < 1.29 is 14.0 Å². The zero-order chi connectivity index (χ0) is 20.8. The first-order chi connectivity index (χ1) is 14.6. The van der Waals surface area contributed by atoms with Crippen LogP contribution in [-0.2, 0) is 0 Å². The summed E-state index contributed by atoms with van der Waals surface area (Å²) in [5.74, 6) is 2.20. The van der Waals surface area contributed by atoms with Crippen molar-refractivity contribution in [3.05, 3.63) is 60.2 Å². The van der Waals surface area contributed by atoms with Crippen LogP contribution in [0, 0.1) is 13.8 Å². The van der Waals surface area contributed by atoms with Crippen molar-refractivity contribution in [1.29, 1.82) is 0 Å². The van der Waals surface area contributed by atoms with Crippen molar-refractivity contribution in [3.8, 4) is 28.3 Å². The monoisotopic (exact) mass is 400 g/mol. The fraction of sp³-hybridized carbons (Fsp3) is 0.174. The Balaban J connectivity index is 1.84. The van der Waals surface area contributed by atoms with Crippen molar-refractivity contribution in [2.24, 2.45) is 0 Å². The molecule has 0 aliphatic heterocycles. The smallest absolute Gasteiger partial charge is 0.144 e. The highest BCUT2D eigenvalue weighted by Crippen LogP contribution is 2.39. The first-order valence-electron chi connectivity index (χ1n) is 9.53. The molecule has 0 aliphatic rings. The summed E-state index contributed by atoms with van der Waals surface area (Å²) >= 11 is 0. The van der Waals surface area contributed by atoms with Gasteiger partial charge in [-0.05, 0) is 38.1 Å². The number of aromatic nitrogens is 4. The van der Waals surface area contributed by atoms with Crippen LogP contribution in [0.15, 0.2) is 53.3 Å². The molecule has 7 heteroatoms. The van der Waals surface area contributed by atoms with Gasteiger partial charge in [-0.15, -0.1) is 0 Å². The van der Waals surface area contributed by atoms with Crippen molar-refractivity contribution in [3.63, 3.8) is 0 Å². The van der Waals surface area contributed by atoms with E-state index in [4.69, 9.17) is 14.0 Å². The molecule has 3 aromatic heterocycles. The average molecular weight is 400 g/mol. The molecule has 7 nitrogen and oxygen atoms in total. The number of hydrogen-bond donors (Lipinski definition) is 0. The van der Waals surface area contributed by atoms with Gasteiger partial charge in [0, 0.05) is 22.5 Å². The number of nitrogens with zero attached hydrogens (tertiary/aromatic N) is 4. The fourth-order valence-corrected chi connectivity index (χ4v) is 3.95. The quantitative estimate of drug-likeness (QED) is 0.429. The van der Waals surface area contributed by atoms with Crippen LogP contribution < -0.4 is 9.47 Å². The lowest BCUT2D eigenvalue weighted by Crippen LogP contribution is -2.00. The van der Waals surface area contributed by atoms with Crippen LogP contribution in [0.3, 0.4) is 0 Å². The van der Waals surface area contributed by atoms with E-state index in [0.717, 1.165) is 61.6 Å². The Morgan fingerprint density at radius 1 is 0.967 bits per heavy atom. The number of para-hydroxylation sites is 2. The third-order valence-corrected chi connectivity index (χ3v) is 5.33. The summed E-state index contributed by atoms with van der Waals surface area (Å²) in [7, 11) is 3.32. The SMILES string of the molecule is COc1cc2c(cc1-c1c(C)noc1C)ncc1cnn(-c3ccccc3OC)c12. The molecule has 30 heavy (non-hydrogen) atoms. The molecular formula is C23H20N4O3. The first-order valence-corrected chi connectivity index (χ1v) is 9.53. The van der Waals surface area contributed by atoms with Gasteiger partial charge in [-0.25, -0.2) is 4.68 Å². The second-order valence-electron chi connectivity index (χ2n) is 7.06. The van der Waals surface area contributed by atoms with Crippen LogP contribution >= 0.6 is 0 Å². The maximum absolute atomic E-state index is 5.75. The molecule has 150 valence electrons. The van der Waals surface area contributed by atoms with E-state index in [1.165, 1.54) is 0 Å². The molecule has 5 rings (SSSR count). The lowest BCUT2D eigenvalue weighted by molar-refractivity contribution is 0.393. The zero-order valence-corrected chi connectivity index (χ0v) is 17.1. The Hall–Kier alpha value is -3.87. The molecule has 0 aliphatic carbocycles. The Bertz CT molecular complexity index is 1380. The third kappa shape index (κ3) is 2.62. The van der Waals surface area contributed by atoms with E-state index in [2.05, 4.69) is 15.2 Å². The molecule has 0 unspecified atom stereocenters. The maximum atomic E-state index is 5.75. The Morgan fingerprint density at radius 2 is 1.77 bits per heavy atom. The van der Waals surface area contributed by atoms with E-state index in [-0.39, 0.29) is 0 Å². The standard InChI is InChI=1S/C23H20N4O3/c1-13-22(14(2)30-26-13)17-9-18-16(10-21(17)29-4)23-15(11-24-18)12-25-27(23)19-7-5-6-8-20(19)28-3/h5-12H,1-4H3. The number of fused-ring (bicyclic) bond motifs is 3. The predicted octanol–water partition coefficient (Wildman–Crippen LogP) is 4.86. The Labute approximate surface area is 172 Å². The van der Waals surface area contributed by atoms with Crippen molar-refractivity contribution in [1.82, 2.24) is 19.9 Å². The minimum Gasteiger partial charge on any atom is -0.496 e. The zero-order valence-electron chi connectivity index (χ0n) is 17.1. The topological polar surface area (TPSA) is 75.2 Å². The molecule has 0 saturated heterocycles. The van der Waals surface area contributed by atoms with Crippen molar-refractivity contribution in [2.75, 3.05) is 14.2 Å². The van der Waals surface area contributed by atoms with E-state index in [1.807, 2.05) is 67.3 Å². The highest BCUT2D eigenvalue weighted by Gasteiger charge is 2.20. The average Bonchev–Trinajstić information content (AvgIpc) is 3.35. The molecule has 0 bridgehead atoms. The molecule has 0 fully saturated rings. The van der Waals surface area contributed by atoms with Gasteiger partial charge in [-0.3, -0.25) is 4.98 Å². The summed E-state index contributed by atoms with van der Waals surface area (Å²) in [5.41, 5.74) is 5.26. The molecule has 5 aromatic rings. The van der Waals surface area contributed by atoms with E-state index in [9.17, 15) is 0 Å². The number of hydrogen-bond acceptors (Lipinski definition) is 6. The summed E-state index contributed by atoms with van der Waals surface area (Å²) in [6.45, 7) is 3.81. The van der Waals surface area contributed by atoms with Crippen molar-refractivity contribution in [2.45, 2.75) is 13.8 Å². The van der Waals surface area contributed by atoms with E-state index >= 15 is 0 Å². The summed E-state index contributed by atoms with van der Waals surface area (Å²) in [4.78, 5) is 4.67. The lowest BCUT2D eigenvalue weighted by Gasteiger charge is -2.13. The fourth-order valence-electron chi connectivity index (χ4n) is 3.95. The van der Waals surface area contributed by atoms with Crippen LogP contribution in [-0.4, -0.2) is 34.1 Å². The van der Waals surface area contributed by atoms with E-state index in [1.54, 1.807) is 14.2 Å². The van der Waals surface area contributed by atoms with E-state index < -0.39 is 0 Å². The minimum atomic E-state index is 0.721. The summed E-state index contributed by atoms with van der Waals surface area (Å²) in [6, 6.07) is 11.8. The largest absolute Gasteiger partial charge is 0.496 e. The number of benzene rings is 2. The molecule has 0 radical (unpaired) electrons. The highest BCUT2D eigenvalue weighted by molar-refractivity contribution is 6.06. The predicted molar refractivity (Wildman–Crippen MR) is 114 cm³/mol. The Morgan fingerprint density at radius 3 is 2.50 bits per heavy atom. The molecule has 0 amide bonds. The number of ether oxygens (including phenoxy) is 2. The van der Waals surface area contributed by atoms with Gasteiger partial charge >= 0.3 is 0 Å². The molecule has 0 spiro atoms. The van der Waals surface area contributed by atoms with Gasteiger partial charge in [0.05, 0.1) is 42.7 Å². The number of aryl methyl sites for hydroxylation is 2. The Kier molecular flexibility index (Phi) is 4.17. The second-order valence-corrected chi connectivity index (χ2v) is 7.06. The number of methoxy groups -OCH3 is 2. The summed E-state index contributed by atoms with van der Waals surface area (Å²) < 4.78 is 18.6. The van der Waals surface area contributed by atoms with Crippen LogP contribution in [0.2, 0.25) is 0 Å². The summed E-state index contributed by atoms with van der Waals surface area (Å²) in [5, 5.41) is 10.6. The normalized spacial score (nSPS) is 11.3. The molecule has 0 saturated carbocycles. The molecular weight excluding hydrogens is 380 g/mol. The second kappa shape index (κ2) is 6.88. The highest BCUT2D eigenvalue weighted by atomic mass is 16.5.